The summed E-state index contributed by atoms with van der Waals surface area (Å²) in [6, 6.07) is 2.06. The number of sulfonamides is 1. The lowest BCUT2D eigenvalue weighted by molar-refractivity contribution is -0.117. The van der Waals surface area contributed by atoms with E-state index in [4.69, 9.17) is 4.42 Å². The fourth-order valence-corrected chi connectivity index (χ4v) is 6.31. The number of carbonyl (C=O) groups is 1. The SMILES string of the molecule is Cc1oc(NC(=O)CN2CCN(S(=O)(=O)c3c(C)c(C)c(C)c(C)c3C)CC2)c(C#N)c1C. The number of hydrogen-bond donors (Lipinski definition) is 1. The van der Waals surface area contributed by atoms with Gasteiger partial charge in [-0.15, -0.1) is 0 Å². The zero-order chi connectivity index (χ0) is 24.7. The second-order valence-electron chi connectivity index (χ2n) is 8.78. The van der Waals surface area contributed by atoms with Gasteiger partial charge in [-0.3, -0.25) is 15.0 Å². The Bertz CT molecular complexity index is 1220. The van der Waals surface area contributed by atoms with Crippen molar-refractivity contribution in [2.45, 2.75) is 53.4 Å². The minimum absolute atomic E-state index is 0.0956. The van der Waals surface area contributed by atoms with Crippen molar-refractivity contribution in [1.82, 2.24) is 9.21 Å². The van der Waals surface area contributed by atoms with Crippen LogP contribution in [0.25, 0.3) is 0 Å². The Morgan fingerprint density at radius 2 is 1.42 bits per heavy atom. The Morgan fingerprint density at radius 1 is 0.909 bits per heavy atom. The number of nitrogens with zero attached hydrogens (tertiary/aromatic N) is 3. The maximum Gasteiger partial charge on any atom is 0.243 e. The summed E-state index contributed by atoms with van der Waals surface area (Å²) in [6.45, 7) is 14.8. The quantitative estimate of drug-likeness (QED) is 0.716. The van der Waals surface area contributed by atoms with E-state index in [0.29, 0.717) is 48.0 Å². The molecule has 3 rings (SSSR count). The van der Waals surface area contributed by atoms with Crippen LogP contribution in [-0.2, 0) is 14.8 Å². The fraction of sp³-hybridized carbons (Fsp3) is 0.500. The molecule has 1 fully saturated rings. The summed E-state index contributed by atoms with van der Waals surface area (Å²) in [5.74, 6) is 0.454. The van der Waals surface area contributed by atoms with Gasteiger partial charge in [0.05, 0.1) is 11.4 Å². The number of piperazine rings is 1. The van der Waals surface area contributed by atoms with Gasteiger partial charge < -0.3 is 4.42 Å². The first kappa shape index (κ1) is 25.0. The highest BCUT2D eigenvalue weighted by atomic mass is 32.2. The van der Waals surface area contributed by atoms with Gasteiger partial charge in [-0.25, -0.2) is 8.42 Å². The monoisotopic (exact) mass is 472 g/mol. The van der Waals surface area contributed by atoms with Gasteiger partial charge in [-0.2, -0.15) is 9.57 Å². The molecule has 1 aliphatic rings. The molecule has 1 aromatic carbocycles. The average molecular weight is 473 g/mol. The largest absolute Gasteiger partial charge is 0.444 e. The van der Waals surface area contributed by atoms with Crippen LogP contribution in [0.1, 0.15) is 44.7 Å². The van der Waals surface area contributed by atoms with E-state index in [1.807, 2.05) is 39.5 Å². The van der Waals surface area contributed by atoms with Crippen LogP contribution in [0.3, 0.4) is 0 Å². The van der Waals surface area contributed by atoms with Crippen LogP contribution in [0.15, 0.2) is 9.31 Å². The zero-order valence-corrected chi connectivity index (χ0v) is 21.2. The highest BCUT2D eigenvalue weighted by Gasteiger charge is 2.32. The number of carbonyl (C=O) groups excluding carboxylic acids is 1. The number of nitrogens with one attached hydrogen (secondary N) is 1. The van der Waals surface area contributed by atoms with Crippen molar-refractivity contribution in [3.05, 3.63) is 44.7 Å². The van der Waals surface area contributed by atoms with E-state index in [0.717, 1.165) is 27.8 Å². The summed E-state index contributed by atoms with van der Waals surface area (Å²) in [5.41, 5.74) is 5.77. The minimum Gasteiger partial charge on any atom is -0.444 e. The Hall–Kier alpha value is -2.67. The van der Waals surface area contributed by atoms with Gasteiger partial charge in [-0.1, -0.05) is 0 Å². The number of aryl methyl sites for hydroxylation is 1. The molecule has 8 nitrogen and oxygen atoms in total. The predicted molar refractivity (Wildman–Crippen MR) is 127 cm³/mol. The van der Waals surface area contributed by atoms with Crippen LogP contribution >= 0.6 is 0 Å². The Kier molecular flexibility index (Phi) is 7.03. The fourth-order valence-electron chi connectivity index (χ4n) is 4.33. The predicted octanol–water partition coefficient (Wildman–Crippen LogP) is 3.26. The van der Waals surface area contributed by atoms with Crippen LogP contribution in [0.4, 0.5) is 5.88 Å². The smallest absolute Gasteiger partial charge is 0.243 e. The van der Waals surface area contributed by atoms with Crippen LogP contribution < -0.4 is 5.32 Å². The molecule has 9 heteroatoms. The van der Waals surface area contributed by atoms with E-state index in [1.54, 1.807) is 13.8 Å². The van der Waals surface area contributed by atoms with Gasteiger partial charge in [0.1, 0.15) is 17.4 Å². The lowest BCUT2D eigenvalue weighted by Gasteiger charge is -2.34. The van der Waals surface area contributed by atoms with Gasteiger partial charge >= 0.3 is 0 Å². The van der Waals surface area contributed by atoms with Crippen molar-refractivity contribution in [3.63, 3.8) is 0 Å². The standard InChI is InChI=1S/C24H32N4O4S/c1-14-15(2)17(4)23(18(5)16(14)3)33(30,31)28-10-8-27(9-11-28)13-22(29)26-24-21(12-25)19(6)20(7)32-24/h8-11,13H2,1-7H3,(H,26,29). The Labute approximate surface area is 196 Å². The van der Waals surface area contributed by atoms with Gasteiger partial charge in [0.25, 0.3) is 0 Å². The zero-order valence-electron chi connectivity index (χ0n) is 20.4. The van der Waals surface area contributed by atoms with Crippen molar-refractivity contribution in [1.29, 1.82) is 5.26 Å². The molecule has 2 heterocycles. The van der Waals surface area contributed by atoms with E-state index in [2.05, 4.69) is 11.4 Å². The van der Waals surface area contributed by atoms with Crippen LogP contribution in [-0.4, -0.2) is 56.3 Å². The van der Waals surface area contributed by atoms with Crippen LogP contribution in [0.2, 0.25) is 0 Å². The number of benzene rings is 1. The molecule has 0 radical (unpaired) electrons. The molecular weight excluding hydrogens is 440 g/mol. The third-order valence-corrected chi connectivity index (χ3v) is 9.15. The molecule has 1 amide bonds. The third-order valence-electron chi connectivity index (χ3n) is 6.98. The number of rotatable bonds is 5. The highest BCUT2D eigenvalue weighted by molar-refractivity contribution is 7.89. The first-order valence-electron chi connectivity index (χ1n) is 11.0. The molecular formula is C24H32N4O4S. The van der Waals surface area contributed by atoms with Crippen molar-refractivity contribution in [2.75, 3.05) is 38.0 Å². The minimum atomic E-state index is -3.64. The lowest BCUT2D eigenvalue weighted by Crippen LogP contribution is -2.50. The molecule has 1 N–H and O–H groups in total. The van der Waals surface area contributed by atoms with Crippen molar-refractivity contribution < 1.29 is 17.6 Å². The Balaban J connectivity index is 1.69. The molecule has 178 valence electrons. The molecule has 1 aliphatic heterocycles. The number of nitriles is 1. The van der Waals surface area contributed by atoms with E-state index in [9.17, 15) is 18.5 Å². The maximum atomic E-state index is 13.5. The molecule has 33 heavy (non-hydrogen) atoms. The van der Waals surface area contributed by atoms with Gasteiger partial charge in [0.2, 0.25) is 21.8 Å². The molecule has 0 saturated carbocycles. The van der Waals surface area contributed by atoms with E-state index in [-0.39, 0.29) is 18.3 Å². The Morgan fingerprint density at radius 3 is 1.94 bits per heavy atom. The summed E-state index contributed by atoms with van der Waals surface area (Å²) >= 11 is 0. The van der Waals surface area contributed by atoms with Crippen LogP contribution in [0.5, 0.6) is 0 Å². The summed E-state index contributed by atoms with van der Waals surface area (Å²) in [6.07, 6.45) is 0. The summed E-state index contributed by atoms with van der Waals surface area (Å²) in [4.78, 5) is 14.8. The number of furan rings is 1. The first-order chi connectivity index (χ1) is 15.4. The van der Waals surface area contributed by atoms with Crippen LogP contribution in [0, 0.1) is 59.8 Å². The molecule has 2 aromatic rings. The molecule has 0 unspecified atom stereocenters. The normalized spacial score (nSPS) is 15.5. The van der Waals surface area contributed by atoms with Crippen molar-refractivity contribution >= 4 is 21.8 Å². The van der Waals surface area contributed by atoms with E-state index in [1.165, 1.54) is 4.31 Å². The van der Waals surface area contributed by atoms with Crippen molar-refractivity contribution in [2.24, 2.45) is 0 Å². The third kappa shape index (κ3) is 4.56. The number of hydrogen-bond acceptors (Lipinski definition) is 6. The molecule has 0 aliphatic carbocycles. The second kappa shape index (κ2) is 9.29. The topological polar surface area (TPSA) is 107 Å². The van der Waals surface area contributed by atoms with Crippen molar-refractivity contribution in [3.8, 4) is 6.07 Å². The molecule has 1 saturated heterocycles. The summed E-state index contributed by atoms with van der Waals surface area (Å²) in [5, 5.41) is 12.0. The number of anilines is 1. The highest BCUT2D eigenvalue weighted by Crippen LogP contribution is 2.32. The molecule has 0 bridgehead atoms. The van der Waals surface area contributed by atoms with Gasteiger partial charge in [-0.05, 0) is 76.3 Å². The maximum absolute atomic E-state index is 13.5. The van der Waals surface area contributed by atoms with E-state index >= 15 is 0 Å². The molecule has 0 spiro atoms. The summed E-state index contributed by atoms with van der Waals surface area (Å²) < 4.78 is 34.0. The van der Waals surface area contributed by atoms with Gasteiger partial charge in [0, 0.05) is 31.7 Å². The summed E-state index contributed by atoms with van der Waals surface area (Å²) in [7, 11) is -3.64. The second-order valence-corrected chi connectivity index (χ2v) is 10.7. The van der Waals surface area contributed by atoms with Gasteiger partial charge in [0.15, 0.2) is 0 Å². The average Bonchev–Trinajstić information content (AvgIpc) is 3.03. The number of amides is 1. The first-order valence-corrected chi connectivity index (χ1v) is 12.4. The molecule has 1 aromatic heterocycles. The van der Waals surface area contributed by atoms with E-state index < -0.39 is 10.0 Å². The molecule has 0 atom stereocenters. The lowest BCUT2D eigenvalue weighted by atomic mass is 9.95.